The number of allylic oxidation sites excluding steroid dienone is 2. The Labute approximate surface area is 128 Å². The molecule has 0 unspecified atom stereocenters. The summed E-state index contributed by atoms with van der Waals surface area (Å²) < 4.78 is 0. The van der Waals surface area contributed by atoms with Gasteiger partial charge >= 0.3 is 0 Å². The monoisotopic (exact) mass is 279 g/mol. The molecule has 0 fully saturated rings. The van der Waals surface area contributed by atoms with Gasteiger partial charge < -0.3 is 4.90 Å². The van der Waals surface area contributed by atoms with Crippen molar-refractivity contribution in [1.29, 1.82) is 0 Å². The molecular formula is C20H25N. The summed E-state index contributed by atoms with van der Waals surface area (Å²) in [7, 11) is 0. The van der Waals surface area contributed by atoms with E-state index < -0.39 is 0 Å². The lowest BCUT2D eigenvalue weighted by Gasteiger charge is -2.24. The lowest BCUT2D eigenvalue weighted by molar-refractivity contribution is 0.829. The minimum Gasteiger partial charge on any atom is -0.367 e. The number of anilines is 1. The summed E-state index contributed by atoms with van der Waals surface area (Å²) in [6.07, 6.45) is 6.58. The molecule has 21 heavy (non-hydrogen) atoms. The summed E-state index contributed by atoms with van der Waals surface area (Å²) in [4.78, 5) is 2.43. The molecule has 0 aliphatic rings. The van der Waals surface area contributed by atoms with Crippen molar-refractivity contribution in [2.45, 2.75) is 33.2 Å². The number of aryl methyl sites for hydroxylation is 1. The number of rotatable bonds is 7. The fourth-order valence-electron chi connectivity index (χ4n) is 2.51. The van der Waals surface area contributed by atoms with E-state index in [9.17, 15) is 0 Å². The Balaban J connectivity index is 2.08. The van der Waals surface area contributed by atoms with Crippen molar-refractivity contribution in [3.05, 3.63) is 77.9 Å². The molecule has 2 aromatic rings. The standard InChI is InChI=1S/C20H25N/c1-3-5-7-11-18-14-10-15-20(16-18)21(4-2)17-19-12-8-6-9-13-19/h3,5-6,8-10,12-16H,4,7,11,17H2,1-2H3. The zero-order valence-corrected chi connectivity index (χ0v) is 13.1. The molecule has 0 radical (unpaired) electrons. The quantitative estimate of drug-likeness (QED) is 0.628. The molecule has 0 amide bonds. The van der Waals surface area contributed by atoms with Gasteiger partial charge in [-0.1, -0.05) is 54.6 Å². The van der Waals surface area contributed by atoms with Crippen LogP contribution in [0.3, 0.4) is 0 Å². The summed E-state index contributed by atoms with van der Waals surface area (Å²) >= 11 is 0. The third kappa shape index (κ3) is 4.78. The lowest BCUT2D eigenvalue weighted by Crippen LogP contribution is -2.22. The van der Waals surface area contributed by atoms with Crippen LogP contribution in [0.2, 0.25) is 0 Å². The fourth-order valence-corrected chi connectivity index (χ4v) is 2.51. The van der Waals surface area contributed by atoms with Gasteiger partial charge in [-0.2, -0.15) is 0 Å². The third-order valence-corrected chi connectivity index (χ3v) is 3.71. The topological polar surface area (TPSA) is 3.24 Å². The highest BCUT2D eigenvalue weighted by molar-refractivity contribution is 5.49. The van der Waals surface area contributed by atoms with E-state index in [2.05, 4.69) is 85.5 Å². The van der Waals surface area contributed by atoms with Crippen LogP contribution in [0.25, 0.3) is 0 Å². The Hall–Kier alpha value is -2.02. The first-order valence-corrected chi connectivity index (χ1v) is 7.82. The Bertz CT molecular complexity index is 557. The van der Waals surface area contributed by atoms with Crippen LogP contribution in [-0.2, 0) is 13.0 Å². The summed E-state index contributed by atoms with van der Waals surface area (Å²) in [6, 6.07) is 19.6. The first kappa shape index (κ1) is 15.4. The van der Waals surface area contributed by atoms with Gasteiger partial charge in [-0.25, -0.2) is 0 Å². The van der Waals surface area contributed by atoms with Gasteiger partial charge in [-0.3, -0.25) is 0 Å². The molecule has 0 aliphatic heterocycles. The molecule has 0 spiro atoms. The van der Waals surface area contributed by atoms with E-state index >= 15 is 0 Å². The molecule has 1 nitrogen and oxygen atoms in total. The number of hydrogen-bond donors (Lipinski definition) is 0. The van der Waals surface area contributed by atoms with Crippen LogP contribution in [0.4, 0.5) is 5.69 Å². The van der Waals surface area contributed by atoms with Crippen LogP contribution in [0.15, 0.2) is 66.7 Å². The average molecular weight is 279 g/mol. The second-order valence-electron chi connectivity index (χ2n) is 5.28. The van der Waals surface area contributed by atoms with Crippen molar-refractivity contribution in [2.75, 3.05) is 11.4 Å². The molecule has 1 heteroatoms. The van der Waals surface area contributed by atoms with Crippen molar-refractivity contribution < 1.29 is 0 Å². The number of benzene rings is 2. The fraction of sp³-hybridized carbons (Fsp3) is 0.300. The van der Waals surface area contributed by atoms with E-state index in [4.69, 9.17) is 0 Å². The van der Waals surface area contributed by atoms with Crippen LogP contribution in [0, 0.1) is 0 Å². The van der Waals surface area contributed by atoms with E-state index in [1.165, 1.54) is 16.8 Å². The van der Waals surface area contributed by atoms with Crippen molar-refractivity contribution in [1.82, 2.24) is 0 Å². The predicted octanol–water partition coefficient (Wildman–Crippen LogP) is 5.22. The summed E-state index contributed by atoms with van der Waals surface area (Å²) in [5.41, 5.74) is 4.09. The smallest absolute Gasteiger partial charge is 0.0429 e. The second-order valence-corrected chi connectivity index (χ2v) is 5.28. The van der Waals surface area contributed by atoms with Gasteiger partial charge in [0.05, 0.1) is 0 Å². The summed E-state index contributed by atoms with van der Waals surface area (Å²) in [5.74, 6) is 0. The normalized spacial score (nSPS) is 11.0. The van der Waals surface area contributed by atoms with Crippen LogP contribution in [0.1, 0.15) is 31.4 Å². The Morgan fingerprint density at radius 1 is 0.952 bits per heavy atom. The van der Waals surface area contributed by atoms with Gasteiger partial charge in [0.15, 0.2) is 0 Å². The first-order valence-electron chi connectivity index (χ1n) is 7.82. The minimum atomic E-state index is 0.968. The maximum absolute atomic E-state index is 2.43. The largest absolute Gasteiger partial charge is 0.367 e. The Morgan fingerprint density at radius 3 is 2.43 bits per heavy atom. The molecule has 0 heterocycles. The third-order valence-electron chi connectivity index (χ3n) is 3.71. The molecule has 0 saturated carbocycles. The first-order chi connectivity index (χ1) is 10.3. The second kappa shape index (κ2) is 8.31. The molecule has 110 valence electrons. The van der Waals surface area contributed by atoms with Crippen LogP contribution in [0.5, 0.6) is 0 Å². The van der Waals surface area contributed by atoms with E-state index in [1.807, 2.05) is 0 Å². The zero-order valence-electron chi connectivity index (χ0n) is 13.1. The van der Waals surface area contributed by atoms with Gasteiger partial charge in [0.1, 0.15) is 0 Å². The molecule has 0 atom stereocenters. The van der Waals surface area contributed by atoms with Gasteiger partial charge in [-0.05, 0) is 49.9 Å². The van der Waals surface area contributed by atoms with Crippen LogP contribution >= 0.6 is 0 Å². The van der Waals surface area contributed by atoms with Crippen LogP contribution < -0.4 is 4.90 Å². The summed E-state index contributed by atoms with van der Waals surface area (Å²) in [6.45, 7) is 6.29. The minimum absolute atomic E-state index is 0.968. The van der Waals surface area contributed by atoms with Crippen molar-refractivity contribution in [3.63, 3.8) is 0 Å². The van der Waals surface area contributed by atoms with E-state index in [0.717, 1.165) is 25.9 Å². The highest BCUT2D eigenvalue weighted by Gasteiger charge is 2.05. The molecule has 2 aromatic carbocycles. The molecule has 0 aliphatic carbocycles. The van der Waals surface area contributed by atoms with Crippen LogP contribution in [-0.4, -0.2) is 6.54 Å². The predicted molar refractivity (Wildman–Crippen MR) is 92.7 cm³/mol. The Morgan fingerprint density at radius 2 is 1.71 bits per heavy atom. The number of hydrogen-bond acceptors (Lipinski definition) is 1. The van der Waals surface area contributed by atoms with Crippen molar-refractivity contribution >= 4 is 5.69 Å². The van der Waals surface area contributed by atoms with E-state index in [-0.39, 0.29) is 0 Å². The zero-order chi connectivity index (χ0) is 14.9. The molecule has 0 saturated heterocycles. The van der Waals surface area contributed by atoms with Gasteiger partial charge in [-0.15, -0.1) is 0 Å². The maximum atomic E-state index is 2.43. The van der Waals surface area contributed by atoms with Crippen molar-refractivity contribution in [3.8, 4) is 0 Å². The van der Waals surface area contributed by atoms with E-state index in [1.54, 1.807) is 0 Å². The molecule has 0 N–H and O–H groups in total. The number of nitrogens with zero attached hydrogens (tertiary/aromatic N) is 1. The molecule has 0 aromatic heterocycles. The average Bonchev–Trinajstić information content (AvgIpc) is 2.54. The SMILES string of the molecule is CC=CCCc1cccc(N(CC)Cc2ccccc2)c1. The highest BCUT2D eigenvalue weighted by Crippen LogP contribution is 2.19. The maximum Gasteiger partial charge on any atom is 0.0429 e. The lowest BCUT2D eigenvalue weighted by atomic mass is 10.1. The molecule has 2 rings (SSSR count). The molecular weight excluding hydrogens is 254 g/mol. The van der Waals surface area contributed by atoms with Gasteiger partial charge in [0, 0.05) is 18.8 Å². The highest BCUT2D eigenvalue weighted by atomic mass is 15.1. The molecule has 0 bridgehead atoms. The summed E-state index contributed by atoms with van der Waals surface area (Å²) in [5, 5.41) is 0. The van der Waals surface area contributed by atoms with Crippen molar-refractivity contribution in [2.24, 2.45) is 0 Å². The van der Waals surface area contributed by atoms with Gasteiger partial charge in [0.25, 0.3) is 0 Å². The van der Waals surface area contributed by atoms with E-state index in [0.29, 0.717) is 0 Å². The Kier molecular flexibility index (Phi) is 6.08. The van der Waals surface area contributed by atoms with Gasteiger partial charge in [0.2, 0.25) is 0 Å².